The molecule has 3 aromatic rings. The van der Waals surface area contributed by atoms with E-state index in [4.69, 9.17) is 0 Å². The second-order valence-corrected chi connectivity index (χ2v) is 7.81. The van der Waals surface area contributed by atoms with Crippen molar-refractivity contribution in [3.8, 4) is 0 Å². The highest BCUT2D eigenvalue weighted by atomic mass is 19.1. The van der Waals surface area contributed by atoms with E-state index in [-0.39, 0.29) is 11.7 Å². The van der Waals surface area contributed by atoms with Crippen LogP contribution in [0.15, 0.2) is 48.5 Å². The number of benzene rings is 2. The molecule has 1 saturated heterocycles. The predicted octanol–water partition coefficient (Wildman–Crippen LogP) is 3.88. The molecule has 5 heteroatoms. The lowest BCUT2D eigenvalue weighted by Gasteiger charge is -2.37. The number of hydrogen-bond donors (Lipinski definition) is 1. The van der Waals surface area contributed by atoms with Crippen LogP contribution in [-0.2, 0) is 11.2 Å². The van der Waals surface area contributed by atoms with E-state index in [0.29, 0.717) is 18.7 Å². The molecule has 2 aromatic carbocycles. The van der Waals surface area contributed by atoms with Crippen LogP contribution >= 0.6 is 0 Å². The summed E-state index contributed by atoms with van der Waals surface area (Å²) in [5.41, 5.74) is 3.76. The van der Waals surface area contributed by atoms with Crippen molar-refractivity contribution in [1.29, 1.82) is 0 Å². The number of likely N-dealkylation sites (tertiary alicyclic amines) is 1. The average molecular weight is 377 g/mol. The molecule has 0 bridgehead atoms. The molecule has 0 aliphatic carbocycles. The van der Waals surface area contributed by atoms with Crippen molar-refractivity contribution in [3.05, 3.63) is 71.2 Å². The number of carbonyl (C=O) groups excluding carboxylic acids is 1. The number of hydrogen-bond acceptors (Lipinski definition) is 2. The SMILES string of the molecule is O=C(CN1CCCC1)N1CCc2c([nH]c3ccccc23)C1c1ccccc1F. The lowest BCUT2D eigenvalue weighted by Crippen LogP contribution is -2.45. The van der Waals surface area contributed by atoms with Crippen molar-refractivity contribution in [1.82, 2.24) is 14.8 Å². The molecule has 2 aliphatic rings. The summed E-state index contributed by atoms with van der Waals surface area (Å²) >= 11 is 0. The summed E-state index contributed by atoms with van der Waals surface area (Å²) < 4.78 is 14.8. The molecule has 3 heterocycles. The molecule has 1 unspecified atom stereocenters. The second kappa shape index (κ2) is 7.06. The zero-order chi connectivity index (χ0) is 19.1. The Labute approximate surface area is 163 Å². The van der Waals surface area contributed by atoms with E-state index in [1.165, 1.54) is 17.0 Å². The molecule has 2 aliphatic heterocycles. The monoisotopic (exact) mass is 377 g/mol. The Morgan fingerprint density at radius 3 is 2.61 bits per heavy atom. The first-order chi connectivity index (χ1) is 13.7. The van der Waals surface area contributed by atoms with Crippen LogP contribution in [0.3, 0.4) is 0 Å². The molecule has 1 amide bonds. The lowest BCUT2D eigenvalue weighted by molar-refractivity contribution is -0.134. The smallest absolute Gasteiger partial charge is 0.237 e. The number of fused-ring (bicyclic) bond motifs is 3. The normalized spacial score (nSPS) is 19.9. The summed E-state index contributed by atoms with van der Waals surface area (Å²) in [5.74, 6) is -0.183. The molecule has 1 aromatic heterocycles. The van der Waals surface area contributed by atoms with Gasteiger partial charge in [0.25, 0.3) is 0 Å². The number of nitrogens with zero attached hydrogens (tertiary/aromatic N) is 2. The Morgan fingerprint density at radius 1 is 1.04 bits per heavy atom. The Bertz CT molecular complexity index is 1020. The summed E-state index contributed by atoms with van der Waals surface area (Å²) in [5, 5.41) is 1.17. The Kier molecular flexibility index (Phi) is 4.40. The lowest BCUT2D eigenvalue weighted by atomic mass is 9.92. The number of carbonyl (C=O) groups is 1. The van der Waals surface area contributed by atoms with Crippen molar-refractivity contribution in [3.63, 3.8) is 0 Å². The van der Waals surface area contributed by atoms with Crippen molar-refractivity contribution in [2.75, 3.05) is 26.2 Å². The van der Waals surface area contributed by atoms with Gasteiger partial charge in [-0.05, 0) is 50.0 Å². The van der Waals surface area contributed by atoms with Gasteiger partial charge in [-0.15, -0.1) is 0 Å². The maximum Gasteiger partial charge on any atom is 0.237 e. The van der Waals surface area contributed by atoms with Gasteiger partial charge in [-0.2, -0.15) is 0 Å². The Hall–Kier alpha value is -2.66. The molecule has 28 heavy (non-hydrogen) atoms. The first-order valence-corrected chi connectivity index (χ1v) is 10.1. The topological polar surface area (TPSA) is 39.3 Å². The fraction of sp³-hybridized carbons (Fsp3) is 0.348. The molecule has 4 nitrogen and oxygen atoms in total. The molecule has 1 N–H and O–H groups in total. The summed E-state index contributed by atoms with van der Waals surface area (Å²) in [6.07, 6.45) is 3.09. The number of aromatic nitrogens is 1. The largest absolute Gasteiger partial charge is 0.356 e. The molecule has 5 rings (SSSR count). The minimum Gasteiger partial charge on any atom is -0.356 e. The number of para-hydroxylation sites is 1. The third-order valence-electron chi connectivity index (χ3n) is 6.11. The molecule has 0 spiro atoms. The summed E-state index contributed by atoms with van der Waals surface area (Å²) in [7, 11) is 0. The summed E-state index contributed by atoms with van der Waals surface area (Å²) in [6, 6.07) is 14.6. The van der Waals surface area contributed by atoms with Crippen LogP contribution in [0.5, 0.6) is 0 Å². The van der Waals surface area contributed by atoms with Gasteiger partial charge in [-0.25, -0.2) is 4.39 Å². The van der Waals surface area contributed by atoms with Crippen molar-refractivity contribution < 1.29 is 9.18 Å². The fourth-order valence-electron chi connectivity index (χ4n) is 4.75. The third kappa shape index (κ3) is 2.90. The molecule has 1 fully saturated rings. The fourth-order valence-corrected chi connectivity index (χ4v) is 4.75. The number of H-pyrrole nitrogens is 1. The maximum absolute atomic E-state index is 14.8. The van der Waals surface area contributed by atoms with E-state index in [0.717, 1.165) is 43.6 Å². The number of amides is 1. The predicted molar refractivity (Wildman–Crippen MR) is 108 cm³/mol. The highest BCUT2D eigenvalue weighted by Crippen LogP contribution is 2.39. The van der Waals surface area contributed by atoms with Gasteiger partial charge in [0.2, 0.25) is 5.91 Å². The zero-order valence-corrected chi connectivity index (χ0v) is 15.8. The number of rotatable bonds is 3. The molecule has 1 atom stereocenters. The molecule has 0 radical (unpaired) electrons. The van der Waals surface area contributed by atoms with Gasteiger partial charge in [0.05, 0.1) is 6.54 Å². The highest BCUT2D eigenvalue weighted by molar-refractivity contribution is 5.87. The van der Waals surface area contributed by atoms with E-state index in [9.17, 15) is 9.18 Å². The minimum atomic E-state index is -0.410. The van der Waals surface area contributed by atoms with Gasteiger partial charge < -0.3 is 9.88 Å². The molecular formula is C23H24FN3O. The van der Waals surface area contributed by atoms with Crippen molar-refractivity contribution in [2.45, 2.75) is 25.3 Å². The van der Waals surface area contributed by atoms with Gasteiger partial charge in [-0.3, -0.25) is 9.69 Å². The quantitative estimate of drug-likeness (QED) is 0.752. The van der Waals surface area contributed by atoms with E-state index >= 15 is 0 Å². The number of nitrogens with one attached hydrogen (secondary N) is 1. The summed E-state index contributed by atoms with van der Waals surface area (Å²) in [4.78, 5) is 20.8. The Balaban J connectivity index is 1.59. The van der Waals surface area contributed by atoms with Gasteiger partial charge in [0.15, 0.2) is 0 Å². The van der Waals surface area contributed by atoms with Crippen LogP contribution in [0.25, 0.3) is 10.9 Å². The average Bonchev–Trinajstić information content (AvgIpc) is 3.35. The number of aromatic amines is 1. The van der Waals surface area contributed by atoms with Crippen LogP contribution in [-0.4, -0.2) is 46.9 Å². The van der Waals surface area contributed by atoms with E-state index < -0.39 is 6.04 Å². The van der Waals surface area contributed by atoms with Crippen LogP contribution in [0.1, 0.15) is 35.7 Å². The first kappa shape index (κ1) is 17.4. The van der Waals surface area contributed by atoms with Crippen molar-refractivity contribution in [2.24, 2.45) is 0 Å². The zero-order valence-electron chi connectivity index (χ0n) is 15.8. The molecule has 144 valence electrons. The van der Waals surface area contributed by atoms with E-state index in [1.54, 1.807) is 12.1 Å². The standard InChI is InChI=1S/C23H24FN3O/c24-19-9-3-1-8-18(19)23-22-17(16-7-2-4-10-20(16)25-22)11-14-27(23)21(28)15-26-12-5-6-13-26/h1-4,7-10,23,25H,5-6,11-15H2. The van der Waals surface area contributed by atoms with Crippen LogP contribution < -0.4 is 0 Å². The first-order valence-electron chi connectivity index (χ1n) is 10.1. The molecular weight excluding hydrogens is 353 g/mol. The van der Waals surface area contributed by atoms with Crippen LogP contribution in [0, 0.1) is 5.82 Å². The number of halogens is 1. The van der Waals surface area contributed by atoms with E-state index in [1.807, 2.05) is 29.2 Å². The molecule has 0 saturated carbocycles. The second-order valence-electron chi connectivity index (χ2n) is 7.81. The maximum atomic E-state index is 14.8. The van der Waals surface area contributed by atoms with Crippen LogP contribution in [0.2, 0.25) is 0 Å². The third-order valence-corrected chi connectivity index (χ3v) is 6.11. The van der Waals surface area contributed by atoms with Gasteiger partial charge in [0, 0.05) is 28.7 Å². The minimum absolute atomic E-state index is 0.0828. The Morgan fingerprint density at radius 2 is 1.79 bits per heavy atom. The summed E-state index contributed by atoms with van der Waals surface area (Å²) in [6.45, 7) is 2.98. The van der Waals surface area contributed by atoms with Gasteiger partial charge in [0.1, 0.15) is 11.9 Å². The van der Waals surface area contributed by atoms with E-state index in [2.05, 4.69) is 16.0 Å². The van der Waals surface area contributed by atoms with Crippen LogP contribution in [0.4, 0.5) is 4.39 Å². The van der Waals surface area contributed by atoms with Crippen molar-refractivity contribution >= 4 is 16.8 Å². The van der Waals surface area contributed by atoms with Gasteiger partial charge >= 0.3 is 0 Å². The van der Waals surface area contributed by atoms with Gasteiger partial charge in [-0.1, -0.05) is 36.4 Å². The highest BCUT2D eigenvalue weighted by Gasteiger charge is 2.36.